The van der Waals surface area contributed by atoms with Crippen LogP contribution in [0.2, 0.25) is 0 Å². The van der Waals surface area contributed by atoms with Crippen molar-refractivity contribution < 1.29 is 14.3 Å². The lowest BCUT2D eigenvalue weighted by atomic mass is 9.85. The van der Waals surface area contributed by atoms with E-state index in [9.17, 15) is 9.59 Å². The Morgan fingerprint density at radius 1 is 0.905 bits per heavy atom. The summed E-state index contributed by atoms with van der Waals surface area (Å²) in [6.45, 7) is 6.62. The summed E-state index contributed by atoms with van der Waals surface area (Å²) in [6.07, 6.45) is 2.61. The van der Waals surface area contributed by atoms with Crippen molar-refractivity contribution in [2.45, 2.75) is 51.2 Å². The Bertz CT molecular complexity index is 571. The highest BCUT2D eigenvalue weighted by Crippen LogP contribution is 2.55. The highest BCUT2D eigenvalue weighted by Gasteiger charge is 2.67. The molecule has 1 aromatic carbocycles. The Labute approximate surface area is 125 Å². The highest BCUT2D eigenvalue weighted by atomic mass is 16.6. The van der Waals surface area contributed by atoms with Gasteiger partial charge in [0.1, 0.15) is 5.60 Å². The van der Waals surface area contributed by atoms with E-state index in [1.54, 1.807) is 24.3 Å². The van der Waals surface area contributed by atoms with Crippen molar-refractivity contribution in [3.8, 4) is 0 Å². The number of carbonyl (C=O) groups excluding carboxylic acids is 2. The highest BCUT2D eigenvalue weighted by molar-refractivity contribution is 6.21. The lowest BCUT2D eigenvalue weighted by Crippen LogP contribution is -2.42. The molecule has 0 bridgehead atoms. The second-order valence-corrected chi connectivity index (χ2v) is 5.89. The molecule has 4 heteroatoms. The molecule has 1 atom stereocenters. The number of epoxide rings is 1. The van der Waals surface area contributed by atoms with Crippen LogP contribution in [0.25, 0.3) is 0 Å². The fraction of sp³-hybridized carbons (Fsp3) is 0.529. The minimum atomic E-state index is -0.371. The van der Waals surface area contributed by atoms with Crippen LogP contribution in [-0.4, -0.2) is 34.5 Å². The summed E-state index contributed by atoms with van der Waals surface area (Å²) in [5, 5.41) is 0. The molecule has 0 N–H and O–H groups in total. The molecule has 1 aromatic rings. The molecule has 2 aliphatic heterocycles. The van der Waals surface area contributed by atoms with E-state index in [0.717, 1.165) is 19.3 Å². The van der Waals surface area contributed by atoms with Crippen LogP contribution >= 0.6 is 0 Å². The molecule has 112 valence electrons. The molecule has 0 saturated carbocycles. The van der Waals surface area contributed by atoms with Gasteiger partial charge in [0.25, 0.3) is 11.8 Å². The van der Waals surface area contributed by atoms with Crippen molar-refractivity contribution >= 4 is 11.8 Å². The minimum Gasteiger partial charge on any atom is -0.361 e. The number of benzene rings is 1. The number of ether oxygens (including phenoxy) is 1. The zero-order valence-corrected chi connectivity index (χ0v) is 12.8. The van der Waals surface area contributed by atoms with Crippen LogP contribution in [0.4, 0.5) is 0 Å². The fourth-order valence-corrected chi connectivity index (χ4v) is 3.71. The van der Waals surface area contributed by atoms with Crippen LogP contribution in [0.5, 0.6) is 0 Å². The van der Waals surface area contributed by atoms with Crippen molar-refractivity contribution in [1.82, 2.24) is 4.90 Å². The molecule has 3 rings (SSSR count). The predicted octanol–water partition coefficient (Wildman–Crippen LogP) is 3.02. The van der Waals surface area contributed by atoms with Crippen LogP contribution in [0.3, 0.4) is 0 Å². The van der Waals surface area contributed by atoms with Gasteiger partial charge < -0.3 is 4.74 Å². The molecule has 1 saturated heterocycles. The molecular weight excluding hydrogens is 266 g/mol. The van der Waals surface area contributed by atoms with Crippen LogP contribution in [0.1, 0.15) is 60.7 Å². The molecule has 21 heavy (non-hydrogen) atoms. The average Bonchev–Trinajstić information content (AvgIpc) is 3.13. The third-order valence-electron chi connectivity index (χ3n) is 5.18. The Balaban J connectivity index is 1.88. The first-order valence-electron chi connectivity index (χ1n) is 7.69. The lowest BCUT2D eigenvalue weighted by Gasteiger charge is -2.22. The molecule has 0 radical (unpaired) electrons. The molecule has 0 spiro atoms. The standard InChI is InChI=1S/C17H21NO3/c1-4-16(5-2)17(6-3,21-16)11-18-14(19)12-9-7-8-10-13(12)15(18)20/h7-10H,4-6,11H2,1-3H3. The smallest absolute Gasteiger partial charge is 0.261 e. The summed E-state index contributed by atoms with van der Waals surface area (Å²) in [6, 6.07) is 7.02. The van der Waals surface area contributed by atoms with E-state index < -0.39 is 0 Å². The normalized spacial score (nSPS) is 26.1. The number of fused-ring (bicyclic) bond motifs is 1. The van der Waals surface area contributed by atoms with Gasteiger partial charge in [-0.1, -0.05) is 32.9 Å². The SMILES string of the molecule is CCC1(CC)OC1(CC)CN1C(=O)c2ccccc2C1=O. The monoisotopic (exact) mass is 287 g/mol. The minimum absolute atomic E-state index is 0.183. The molecule has 1 fully saturated rings. The van der Waals surface area contributed by atoms with Gasteiger partial charge in [-0.25, -0.2) is 0 Å². The molecule has 0 aromatic heterocycles. The molecule has 0 aliphatic carbocycles. The van der Waals surface area contributed by atoms with Gasteiger partial charge in [0.2, 0.25) is 0 Å². The molecule has 2 aliphatic rings. The van der Waals surface area contributed by atoms with Gasteiger partial charge in [0.05, 0.1) is 23.3 Å². The third-order valence-corrected chi connectivity index (χ3v) is 5.18. The van der Waals surface area contributed by atoms with E-state index in [1.807, 2.05) is 0 Å². The van der Waals surface area contributed by atoms with Gasteiger partial charge in [0.15, 0.2) is 0 Å². The van der Waals surface area contributed by atoms with Crippen LogP contribution in [0, 0.1) is 0 Å². The van der Waals surface area contributed by atoms with E-state index >= 15 is 0 Å². The first-order chi connectivity index (χ1) is 10.0. The first-order valence-corrected chi connectivity index (χ1v) is 7.69. The summed E-state index contributed by atoms with van der Waals surface area (Å²) in [4.78, 5) is 26.3. The van der Waals surface area contributed by atoms with E-state index in [0.29, 0.717) is 17.7 Å². The first kappa shape index (κ1) is 14.3. The van der Waals surface area contributed by atoms with Gasteiger partial charge in [-0.05, 0) is 31.4 Å². The second kappa shape index (κ2) is 4.67. The number of hydrogen-bond acceptors (Lipinski definition) is 3. The van der Waals surface area contributed by atoms with Crippen molar-refractivity contribution in [1.29, 1.82) is 0 Å². The maximum Gasteiger partial charge on any atom is 0.261 e. The van der Waals surface area contributed by atoms with Gasteiger partial charge in [-0.2, -0.15) is 0 Å². The van der Waals surface area contributed by atoms with E-state index in [-0.39, 0.29) is 23.0 Å². The topological polar surface area (TPSA) is 49.9 Å². The summed E-state index contributed by atoms with van der Waals surface area (Å²) in [7, 11) is 0. The zero-order valence-electron chi connectivity index (χ0n) is 12.8. The van der Waals surface area contributed by atoms with E-state index in [4.69, 9.17) is 4.74 Å². The van der Waals surface area contributed by atoms with Crippen molar-refractivity contribution in [2.75, 3.05) is 6.54 Å². The average molecular weight is 287 g/mol. The number of imide groups is 1. The van der Waals surface area contributed by atoms with Crippen molar-refractivity contribution in [3.05, 3.63) is 35.4 Å². The predicted molar refractivity (Wildman–Crippen MR) is 79.2 cm³/mol. The quantitative estimate of drug-likeness (QED) is 0.618. The van der Waals surface area contributed by atoms with Crippen LogP contribution in [-0.2, 0) is 4.74 Å². The van der Waals surface area contributed by atoms with Gasteiger partial charge >= 0.3 is 0 Å². The molecule has 4 nitrogen and oxygen atoms in total. The Morgan fingerprint density at radius 3 is 1.76 bits per heavy atom. The Kier molecular flexibility index (Phi) is 3.17. The maximum absolute atomic E-state index is 12.5. The second-order valence-electron chi connectivity index (χ2n) is 5.89. The van der Waals surface area contributed by atoms with E-state index in [1.165, 1.54) is 4.90 Å². The molecule has 2 amide bonds. The van der Waals surface area contributed by atoms with Crippen LogP contribution in [0.15, 0.2) is 24.3 Å². The Morgan fingerprint density at radius 2 is 1.38 bits per heavy atom. The van der Waals surface area contributed by atoms with Gasteiger partial charge in [0, 0.05) is 0 Å². The maximum atomic E-state index is 12.5. The molecular formula is C17H21NO3. The Hall–Kier alpha value is -1.68. The van der Waals surface area contributed by atoms with Gasteiger partial charge in [-0.3, -0.25) is 14.5 Å². The van der Waals surface area contributed by atoms with Crippen molar-refractivity contribution in [2.24, 2.45) is 0 Å². The summed E-state index contributed by atoms with van der Waals surface area (Å²) in [5.41, 5.74) is 0.460. The summed E-state index contributed by atoms with van der Waals surface area (Å²) >= 11 is 0. The number of nitrogens with zero attached hydrogens (tertiary/aromatic N) is 1. The molecule has 1 unspecified atom stereocenters. The zero-order chi connectivity index (χ0) is 15.3. The lowest BCUT2D eigenvalue weighted by molar-refractivity contribution is 0.0607. The number of hydrogen-bond donors (Lipinski definition) is 0. The van der Waals surface area contributed by atoms with Crippen molar-refractivity contribution in [3.63, 3.8) is 0 Å². The molecule has 2 heterocycles. The third kappa shape index (κ3) is 1.78. The summed E-state index contributed by atoms with van der Waals surface area (Å²) in [5.74, 6) is -0.389. The fourth-order valence-electron chi connectivity index (χ4n) is 3.71. The number of rotatable bonds is 5. The van der Waals surface area contributed by atoms with Crippen LogP contribution < -0.4 is 0 Å². The van der Waals surface area contributed by atoms with Gasteiger partial charge in [-0.15, -0.1) is 0 Å². The number of carbonyl (C=O) groups is 2. The van der Waals surface area contributed by atoms with E-state index in [2.05, 4.69) is 20.8 Å². The number of amides is 2. The largest absolute Gasteiger partial charge is 0.361 e. The summed E-state index contributed by atoms with van der Waals surface area (Å²) < 4.78 is 6.05.